The highest BCUT2D eigenvalue weighted by atomic mass is 35.5. The second-order valence-electron chi connectivity index (χ2n) is 5.74. The van der Waals surface area contributed by atoms with Crippen LogP contribution in [0.15, 0.2) is 24.3 Å². The number of rotatable bonds is 6. The van der Waals surface area contributed by atoms with Crippen LogP contribution < -0.4 is 5.32 Å². The molecule has 20 heavy (non-hydrogen) atoms. The Kier molecular flexibility index (Phi) is 5.44. The van der Waals surface area contributed by atoms with Crippen LogP contribution in [0.5, 0.6) is 0 Å². The normalized spacial score (nSPS) is 18.4. The lowest BCUT2D eigenvalue weighted by molar-refractivity contribution is -0.127. The molecule has 0 saturated carbocycles. The number of nitrogens with zero attached hydrogens (tertiary/aromatic N) is 1. The first-order chi connectivity index (χ1) is 9.54. The number of amides is 1. The van der Waals surface area contributed by atoms with Gasteiger partial charge in [-0.1, -0.05) is 23.7 Å². The minimum atomic E-state index is 0.295. The summed E-state index contributed by atoms with van der Waals surface area (Å²) >= 11 is 5.89. The summed E-state index contributed by atoms with van der Waals surface area (Å²) in [6.45, 7) is 6.04. The molecule has 0 spiro atoms. The average Bonchev–Trinajstić information content (AvgIpc) is 2.77. The Morgan fingerprint density at radius 2 is 1.95 bits per heavy atom. The molecule has 1 heterocycles. The van der Waals surface area contributed by atoms with E-state index >= 15 is 0 Å². The lowest BCUT2D eigenvalue weighted by atomic mass is 10.1. The van der Waals surface area contributed by atoms with Crippen molar-refractivity contribution in [3.05, 3.63) is 34.9 Å². The second kappa shape index (κ2) is 7.09. The van der Waals surface area contributed by atoms with Gasteiger partial charge in [-0.25, -0.2) is 0 Å². The van der Waals surface area contributed by atoms with Gasteiger partial charge < -0.3 is 10.2 Å². The molecule has 1 aromatic carbocycles. The third kappa shape index (κ3) is 4.50. The predicted molar refractivity (Wildman–Crippen MR) is 83.0 cm³/mol. The third-order valence-electron chi connectivity index (χ3n) is 3.69. The molecule has 2 atom stereocenters. The molecule has 2 rings (SSSR count). The van der Waals surface area contributed by atoms with Crippen molar-refractivity contribution in [2.45, 2.75) is 45.2 Å². The lowest BCUT2D eigenvalue weighted by Crippen LogP contribution is -2.44. The molecule has 1 saturated heterocycles. The number of halogens is 1. The Hall–Kier alpha value is -1.06. The summed E-state index contributed by atoms with van der Waals surface area (Å²) in [5.74, 6) is 0.295. The van der Waals surface area contributed by atoms with E-state index in [0.717, 1.165) is 31.0 Å². The zero-order valence-corrected chi connectivity index (χ0v) is 13.0. The summed E-state index contributed by atoms with van der Waals surface area (Å²) in [4.78, 5) is 13.6. The highest BCUT2D eigenvalue weighted by Crippen LogP contribution is 2.12. The maximum atomic E-state index is 11.6. The molecule has 1 aliphatic rings. The smallest absolute Gasteiger partial charge is 0.222 e. The van der Waals surface area contributed by atoms with Crippen LogP contribution in [0, 0.1) is 0 Å². The van der Waals surface area contributed by atoms with E-state index in [1.165, 1.54) is 5.56 Å². The van der Waals surface area contributed by atoms with Gasteiger partial charge in [0, 0.05) is 36.6 Å². The summed E-state index contributed by atoms with van der Waals surface area (Å²) < 4.78 is 0. The van der Waals surface area contributed by atoms with Crippen molar-refractivity contribution in [2.24, 2.45) is 0 Å². The van der Waals surface area contributed by atoms with Crippen LogP contribution in [0.2, 0.25) is 5.02 Å². The molecule has 1 aliphatic heterocycles. The number of likely N-dealkylation sites (tertiary alicyclic amines) is 1. The Balaban J connectivity index is 1.77. The van der Waals surface area contributed by atoms with E-state index in [-0.39, 0.29) is 0 Å². The van der Waals surface area contributed by atoms with Gasteiger partial charge in [-0.05, 0) is 44.4 Å². The van der Waals surface area contributed by atoms with Crippen molar-refractivity contribution < 1.29 is 4.79 Å². The SMILES string of the molecule is CC(Cc1ccc(Cl)cc1)NC(C)CN1CCCC1=O. The molecule has 0 radical (unpaired) electrons. The van der Waals surface area contributed by atoms with E-state index in [1.54, 1.807) is 0 Å². The van der Waals surface area contributed by atoms with Crippen LogP contribution in [0.4, 0.5) is 0 Å². The highest BCUT2D eigenvalue weighted by Gasteiger charge is 2.22. The van der Waals surface area contributed by atoms with Gasteiger partial charge in [-0.3, -0.25) is 4.79 Å². The Bertz CT molecular complexity index is 446. The molecule has 0 aromatic heterocycles. The third-order valence-corrected chi connectivity index (χ3v) is 3.94. The van der Waals surface area contributed by atoms with Crippen LogP contribution in [0.1, 0.15) is 32.3 Å². The highest BCUT2D eigenvalue weighted by molar-refractivity contribution is 6.30. The molecule has 0 bridgehead atoms. The van der Waals surface area contributed by atoms with Gasteiger partial charge in [0.1, 0.15) is 0 Å². The summed E-state index contributed by atoms with van der Waals surface area (Å²) in [6.07, 6.45) is 2.69. The fourth-order valence-electron chi connectivity index (χ4n) is 2.80. The molecular formula is C16H23ClN2O. The summed E-state index contributed by atoms with van der Waals surface area (Å²) in [5.41, 5.74) is 1.28. The van der Waals surface area contributed by atoms with E-state index < -0.39 is 0 Å². The number of carbonyl (C=O) groups excluding carboxylic acids is 1. The predicted octanol–water partition coefficient (Wildman–Crippen LogP) is 2.87. The molecule has 0 aliphatic carbocycles. The molecule has 2 unspecified atom stereocenters. The monoisotopic (exact) mass is 294 g/mol. The van der Waals surface area contributed by atoms with E-state index in [4.69, 9.17) is 11.6 Å². The van der Waals surface area contributed by atoms with Gasteiger partial charge in [0.2, 0.25) is 5.91 Å². The van der Waals surface area contributed by atoms with Crippen molar-refractivity contribution in [3.8, 4) is 0 Å². The Morgan fingerprint density at radius 3 is 2.55 bits per heavy atom. The van der Waals surface area contributed by atoms with Crippen LogP contribution in [-0.4, -0.2) is 36.0 Å². The Labute approximate surface area is 126 Å². The van der Waals surface area contributed by atoms with Crippen LogP contribution in [0.3, 0.4) is 0 Å². The maximum Gasteiger partial charge on any atom is 0.222 e. The van der Waals surface area contributed by atoms with Gasteiger partial charge in [0.25, 0.3) is 0 Å². The standard InChI is InChI=1S/C16H23ClN2O/c1-12(10-14-5-7-15(17)8-6-14)18-13(2)11-19-9-3-4-16(19)20/h5-8,12-13,18H,3-4,9-11H2,1-2H3. The first-order valence-corrected chi connectivity index (χ1v) is 7.70. The number of hydrogen-bond donors (Lipinski definition) is 1. The molecule has 3 nitrogen and oxygen atoms in total. The van der Waals surface area contributed by atoms with E-state index in [1.807, 2.05) is 17.0 Å². The van der Waals surface area contributed by atoms with E-state index in [9.17, 15) is 4.79 Å². The molecular weight excluding hydrogens is 272 g/mol. The van der Waals surface area contributed by atoms with Crippen molar-refractivity contribution in [3.63, 3.8) is 0 Å². The number of carbonyl (C=O) groups is 1. The van der Waals surface area contributed by atoms with Gasteiger partial charge in [-0.2, -0.15) is 0 Å². The van der Waals surface area contributed by atoms with Gasteiger partial charge in [0.15, 0.2) is 0 Å². The number of nitrogens with one attached hydrogen (secondary N) is 1. The molecule has 1 aromatic rings. The first-order valence-electron chi connectivity index (χ1n) is 7.33. The van der Waals surface area contributed by atoms with Gasteiger partial charge in [0.05, 0.1) is 0 Å². The maximum absolute atomic E-state index is 11.6. The second-order valence-corrected chi connectivity index (χ2v) is 6.18. The first kappa shape index (κ1) is 15.3. The largest absolute Gasteiger partial charge is 0.341 e. The fraction of sp³-hybridized carbons (Fsp3) is 0.562. The summed E-state index contributed by atoms with van der Waals surface area (Å²) in [6, 6.07) is 8.68. The Morgan fingerprint density at radius 1 is 1.25 bits per heavy atom. The average molecular weight is 295 g/mol. The van der Waals surface area contributed by atoms with Crippen LogP contribution in [0.25, 0.3) is 0 Å². The molecule has 110 valence electrons. The van der Waals surface area contributed by atoms with E-state index in [2.05, 4.69) is 31.3 Å². The fourth-order valence-corrected chi connectivity index (χ4v) is 2.93. The van der Waals surface area contributed by atoms with Gasteiger partial charge in [-0.15, -0.1) is 0 Å². The molecule has 1 N–H and O–H groups in total. The van der Waals surface area contributed by atoms with Crippen molar-refractivity contribution >= 4 is 17.5 Å². The topological polar surface area (TPSA) is 32.3 Å². The van der Waals surface area contributed by atoms with Gasteiger partial charge >= 0.3 is 0 Å². The van der Waals surface area contributed by atoms with Crippen molar-refractivity contribution in [1.29, 1.82) is 0 Å². The summed E-state index contributed by atoms with van der Waals surface area (Å²) in [7, 11) is 0. The van der Waals surface area contributed by atoms with Crippen molar-refractivity contribution in [2.75, 3.05) is 13.1 Å². The minimum Gasteiger partial charge on any atom is -0.341 e. The van der Waals surface area contributed by atoms with Crippen LogP contribution in [-0.2, 0) is 11.2 Å². The quantitative estimate of drug-likeness (QED) is 0.875. The zero-order chi connectivity index (χ0) is 14.5. The van der Waals surface area contributed by atoms with E-state index in [0.29, 0.717) is 24.4 Å². The van der Waals surface area contributed by atoms with Crippen LogP contribution >= 0.6 is 11.6 Å². The zero-order valence-electron chi connectivity index (χ0n) is 12.2. The molecule has 4 heteroatoms. The number of benzene rings is 1. The number of hydrogen-bond acceptors (Lipinski definition) is 2. The molecule has 1 fully saturated rings. The summed E-state index contributed by atoms with van der Waals surface area (Å²) in [5, 5.41) is 4.34. The molecule has 1 amide bonds. The minimum absolute atomic E-state index is 0.295. The lowest BCUT2D eigenvalue weighted by Gasteiger charge is -2.25. The van der Waals surface area contributed by atoms with Crippen molar-refractivity contribution in [1.82, 2.24) is 10.2 Å².